The van der Waals surface area contributed by atoms with E-state index >= 15 is 0 Å². The van der Waals surface area contributed by atoms with Crippen LogP contribution in [0.5, 0.6) is 0 Å². The highest BCUT2D eigenvalue weighted by Crippen LogP contribution is 2.22. The van der Waals surface area contributed by atoms with Crippen LogP contribution in [0, 0.1) is 13.8 Å². The largest absolute Gasteiger partial charge is 0.452 e. The van der Waals surface area contributed by atoms with Crippen LogP contribution in [0.1, 0.15) is 41.1 Å². The van der Waals surface area contributed by atoms with E-state index in [-0.39, 0.29) is 10.5 Å². The summed E-state index contributed by atoms with van der Waals surface area (Å²) in [6, 6.07) is 5.92. The molecule has 0 unspecified atom stereocenters. The Morgan fingerprint density at radius 3 is 2.38 bits per heavy atom. The molecule has 0 aliphatic carbocycles. The molecular weight excluding hydrogens is 398 g/mol. The number of nitrogens with zero attached hydrogens (tertiary/aromatic N) is 2. The van der Waals surface area contributed by atoms with E-state index in [0.29, 0.717) is 30.2 Å². The van der Waals surface area contributed by atoms with E-state index in [1.54, 1.807) is 13.8 Å². The van der Waals surface area contributed by atoms with E-state index in [4.69, 9.17) is 9.26 Å². The van der Waals surface area contributed by atoms with Crippen molar-refractivity contribution in [2.75, 3.05) is 25.0 Å². The molecule has 0 bridgehead atoms. The summed E-state index contributed by atoms with van der Waals surface area (Å²) in [5.41, 5.74) is 0.990. The third-order valence-corrected chi connectivity index (χ3v) is 6.58. The molecule has 29 heavy (non-hydrogen) atoms. The Bertz CT molecular complexity index is 972. The molecule has 1 aromatic heterocycles. The van der Waals surface area contributed by atoms with Crippen molar-refractivity contribution in [3.63, 3.8) is 0 Å². The van der Waals surface area contributed by atoms with Gasteiger partial charge in [0.1, 0.15) is 11.3 Å². The summed E-state index contributed by atoms with van der Waals surface area (Å²) in [5, 5.41) is 6.23. The van der Waals surface area contributed by atoms with Crippen molar-refractivity contribution in [2.45, 2.75) is 38.0 Å². The predicted octanol–water partition coefficient (Wildman–Crippen LogP) is 2.26. The molecule has 156 valence electrons. The Labute approximate surface area is 169 Å². The Hall–Kier alpha value is -2.72. The fourth-order valence-corrected chi connectivity index (χ4v) is 4.66. The minimum Gasteiger partial charge on any atom is -0.452 e. The van der Waals surface area contributed by atoms with Crippen LogP contribution in [0.3, 0.4) is 0 Å². The summed E-state index contributed by atoms with van der Waals surface area (Å²) < 4.78 is 36.6. The Morgan fingerprint density at radius 1 is 1.14 bits per heavy atom. The fraction of sp³-hybridized carbons (Fsp3) is 0.421. The second-order valence-electron chi connectivity index (χ2n) is 6.81. The zero-order chi connectivity index (χ0) is 21.0. The van der Waals surface area contributed by atoms with Crippen molar-refractivity contribution in [1.82, 2.24) is 9.46 Å². The zero-order valence-corrected chi connectivity index (χ0v) is 17.1. The first kappa shape index (κ1) is 21.0. The van der Waals surface area contributed by atoms with Gasteiger partial charge in [0, 0.05) is 18.8 Å². The number of nitrogens with one attached hydrogen (secondary N) is 1. The molecule has 1 aliphatic heterocycles. The van der Waals surface area contributed by atoms with Crippen molar-refractivity contribution in [3.8, 4) is 0 Å². The van der Waals surface area contributed by atoms with Crippen LogP contribution in [0.15, 0.2) is 33.7 Å². The van der Waals surface area contributed by atoms with Crippen molar-refractivity contribution >= 4 is 27.6 Å². The topological polar surface area (TPSA) is 119 Å². The number of hydrogen-bond acceptors (Lipinski definition) is 7. The molecule has 1 aromatic carbocycles. The van der Waals surface area contributed by atoms with Crippen LogP contribution < -0.4 is 5.32 Å². The number of ether oxygens (including phenoxy) is 1. The van der Waals surface area contributed by atoms with Gasteiger partial charge in [-0.3, -0.25) is 4.79 Å². The van der Waals surface area contributed by atoms with Crippen LogP contribution >= 0.6 is 0 Å². The number of rotatable bonds is 6. The smallest absolute Gasteiger partial charge is 0.344 e. The second-order valence-corrected chi connectivity index (χ2v) is 8.75. The van der Waals surface area contributed by atoms with Gasteiger partial charge in [0.2, 0.25) is 10.0 Å². The number of hydrogen-bond donors (Lipinski definition) is 1. The second kappa shape index (κ2) is 8.75. The van der Waals surface area contributed by atoms with Gasteiger partial charge in [0.05, 0.1) is 10.6 Å². The number of aromatic nitrogens is 1. The van der Waals surface area contributed by atoms with Crippen LogP contribution in [-0.2, 0) is 19.6 Å². The lowest BCUT2D eigenvalue weighted by atomic mass is 10.2. The summed E-state index contributed by atoms with van der Waals surface area (Å²) in [4.78, 5) is 24.3. The van der Waals surface area contributed by atoms with Gasteiger partial charge in [-0.25, -0.2) is 13.2 Å². The number of piperidine rings is 1. The Balaban J connectivity index is 1.56. The van der Waals surface area contributed by atoms with Crippen LogP contribution in [-0.4, -0.2) is 49.5 Å². The molecule has 0 atom stereocenters. The fourth-order valence-electron chi connectivity index (χ4n) is 3.14. The van der Waals surface area contributed by atoms with Gasteiger partial charge in [-0.1, -0.05) is 11.6 Å². The number of carbonyl (C=O) groups excluding carboxylic acids is 2. The van der Waals surface area contributed by atoms with E-state index in [2.05, 4.69) is 10.5 Å². The third-order valence-electron chi connectivity index (χ3n) is 4.66. The molecule has 1 saturated heterocycles. The molecule has 0 radical (unpaired) electrons. The van der Waals surface area contributed by atoms with Gasteiger partial charge in [-0.2, -0.15) is 4.31 Å². The average Bonchev–Trinajstić information content (AvgIpc) is 3.05. The molecule has 9 nitrogen and oxygen atoms in total. The number of amides is 1. The number of aryl methyl sites for hydroxylation is 2. The summed E-state index contributed by atoms with van der Waals surface area (Å²) in [7, 11) is -3.53. The Morgan fingerprint density at radius 2 is 1.79 bits per heavy atom. The maximum atomic E-state index is 12.6. The molecule has 10 heteroatoms. The minimum atomic E-state index is -3.53. The summed E-state index contributed by atoms with van der Waals surface area (Å²) >= 11 is 0. The maximum Gasteiger partial charge on any atom is 0.344 e. The van der Waals surface area contributed by atoms with Gasteiger partial charge in [-0.05, 0) is 51.0 Å². The predicted molar refractivity (Wildman–Crippen MR) is 104 cm³/mol. The number of sulfonamides is 1. The van der Waals surface area contributed by atoms with Gasteiger partial charge >= 0.3 is 5.97 Å². The van der Waals surface area contributed by atoms with E-state index in [1.807, 2.05) is 0 Å². The quantitative estimate of drug-likeness (QED) is 0.711. The summed E-state index contributed by atoms with van der Waals surface area (Å²) in [6.07, 6.45) is 2.76. The van der Waals surface area contributed by atoms with Crippen LogP contribution in [0.2, 0.25) is 0 Å². The highest BCUT2D eigenvalue weighted by atomic mass is 32.2. The molecule has 2 heterocycles. The highest BCUT2D eigenvalue weighted by Gasteiger charge is 2.26. The SMILES string of the molecule is Cc1noc(C)c1C(=O)OCC(=O)Nc1ccc(S(=O)(=O)N2CCCCC2)cc1. The molecule has 1 fully saturated rings. The van der Waals surface area contributed by atoms with E-state index in [0.717, 1.165) is 19.3 Å². The number of benzene rings is 1. The minimum absolute atomic E-state index is 0.183. The van der Waals surface area contributed by atoms with E-state index in [9.17, 15) is 18.0 Å². The van der Waals surface area contributed by atoms with Crippen molar-refractivity contribution in [1.29, 1.82) is 0 Å². The normalized spacial score (nSPS) is 15.1. The summed E-state index contributed by atoms with van der Waals surface area (Å²) in [5.74, 6) is -0.922. The van der Waals surface area contributed by atoms with E-state index < -0.39 is 28.5 Å². The molecule has 1 amide bonds. The first-order valence-corrected chi connectivity index (χ1v) is 10.7. The maximum absolute atomic E-state index is 12.6. The molecule has 2 aromatic rings. The van der Waals surface area contributed by atoms with Crippen LogP contribution in [0.25, 0.3) is 0 Å². The first-order valence-electron chi connectivity index (χ1n) is 9.29. The summed E-state index contributed by atoms with van der Waals surface area (Å²) in [6.45, 7) is 3.74. The number of esters is 1. The zero-order valence-electron chi connectivity index (χ0n) is 16.3. The average molecular weight is 421 g/mol. The standard InChI is InChI=1S/C19H23N3O6S/c1-13-18(14(2)28-21-13)19(24)27-12-17(23)20-15-6-8-16(9-7-15)29(25,26)22-10-4-3-5-11-22/h6-9H,3-5,10-12H2,1-2H3,(H,20,23). The molecule has 0 spiro atoms. The highest BCUT2D eigenvalue weighted by molar-refractivity contribution is 7.89. The third kappa shape index (κ3) is 4.83. The number of anilines is 1. The van der Waals surface area contributed by atoms with Gasteiger partial charge < -0.3 is 14.6 Å². The first-order chi connectivity index (χ1) is 13.8. The molecule has 0 saturated carbocycles. The lowest BCUT2D eigenvalue weighted by molar-refractivity contribution is -0.119. The van der Waals surface area contributed by atoms with Gasteiger partial charge in [0.15, 0.2) is 6.61 Å². The number of carbonyl (C=O) groups is 2. The van der Waals surface area contributed by atoms with Crippen molar-refractivity contribution < 1.29 is 27.3 Å². The monoisotopic (exact) mass is 421 g/mol. The lowest BCUT2D eigenvalue weighted by Gasteiger charge is -2.25. The Kier molecular flexibility index (Phi) is 6.33. The van der Waals surface area contributed by atoms with E-state index in [1.165, 1.54) is 28.6 Å². The molecule has 1 aliphatic rings. The van der Waals surface area contributed by atoms with Gasteiger partial charge in [0.25, 0.3) is 5.91 Å². The molecular formula is C19H23N3O6S. The van der Waals surface area contributed by atoms with Crippen molar-refractivity contribution in [2.24, 2.45) is 0 Å². The van der Waals surface area contributed by atoms with Crippen LogP contribution in [0.4, 0.5) is 5.69 Å². The van der Waals surface area contributed by atoms with Crippen molar-refractivity contribution in [3.05, 3.63) is 41.3 Å². The van der Waals surface area contributed by atoms with Gasteiger partial charge in [-0.15, -0.1) is 0 Å². The molecule has 1 N–H and O–H groups in total. The molecule has 3 rings (SSSR count). The lowest BCUT2D eigenvalue weighted by Crippen LogP contribution is -2.35.